The number of hydrogen-bond donors (Lipinski definition) is 2. The molecule has 0 bridgehead atoms. The van der Waals surface area contributed by atoms with Gasteiger partial charge in [-0.1, -0.05) is 30.3 Å². The first-order valence-electron chi connectivity index (χ1n) is 7.38. The molecule has 2 aromatic rings. The van der Waals surface area contributed by atoms with Crippen LogP contribution in [0, 0.1) is 13.8 Å². The average Bonchev–Trinajstić information content (AvgIpc) is 2.53. The number of hydrogen-bond acceptors (Lipinski definition) is 3. The molecule has 0 aromatic heterocycles. The first-order valence-corrected chi connectivity index (χ1v) is 7.38. The fourth-order valence-corrected chi connectivity index (χ4v) is 2.24. The van der Waals surface area contributed by atoms with E-state index in [-0.39, 0.29) is 5.91 Å². The van der Waals surface area contributed by atoms with Gasteiger partial charge in [0.25, 0.3) is 5.91 Å². The summed E-state index contributed by atoms with van der Waals surface area (Å²) in [7, 11) is 0. The lowest BCUT2D eigenvalue weighted by atomic mass is 10.1. The standard InChI is InChI=1S/C18H22N2O2/c1-13-4-3-5-14(2)17(13)22-11-10-20-18(21)16-8-6-15(12-19)7-9-16/h3-9H,10-12,19H2,1-2H3,(H,20,21). The molecular weight excluding hydrogens is 276 g/mol. The van der Waals surface area contributed by atoms with Gasteiger partial charge in [0.05, 0.1) is 6.54 Å². The van der Waals surface area contributed by atoms with Crippen LogP contribution in [0.1, 0.15) is 27.0 Å². The monoisotopic (exact) mass is 298 g/mol. The van der Waals surface area contributed by atoms with E-state index in [4.69, 9.17) is 10.5 Å². The highest BCUT2D eigenvalue weighted by Crippen LogP contribution is 2.21. The lowest BCUT2D eigenvalue weighted by molar-refractivity contribution is 0.0947. The highest BCUT2D eigenvalue weighted by molar-refractivity contribution is 5.94. The molecule has 22 heavy (non-hydrogen) atoms. The van der Waals surface area contributed by atoms with Crippen LogP contribution in [0.4, 0.5) is 0 Å². The Morgan fingerprint density at radius 2 is 1.73 bits per heavy atom. The van der Waals surface area contributed by atoms with Gasteiger partial charge < -0.3 is 15.8 Å². The molecule has 0 unspecified atom stereocenters. The molecule has 4 nitrogen and oxygen atoms in total. The van der Waals surface area contributed by atoms with E-state index in [0.717, 1.165) is 22.4 Å². The molecule has 116 valence electrons. The van der Waals surface area contributed by atoms with Crippen molar-refractivity contribution in [1.29, 1.82) is 0 Å². The first-order chi connectivity index (χ1) is 10.6. The number of nitrogens with one attached hydrogen (secondary N) is 1. The Bertz CT molecular complexity index is 616. The zero-order valence-corrected chi connectivity index (χ0v) is 13.1. The molecular formula is C18H22N2O2. The molecule has 0 fully saturated rings. The van der Waals surface area contributed by atoms with Crippen molar-refractivity contribution in [2.45, 2.75) is 20.4 Å². The van der Waals surface area contributed by atoms with Crippen LogP contribution in [0.3, 0.4) is 0 Å². The fraction of sp³-hybridized carbons (Fsp3) is 0.278. The normalized spacial score (nSPS) is 10.3. The van der Waals surface area contributed by atoms with Crippen molar-refractivity contribution in [3.63, 3.8) is 0 Å². The summed E-state index contributed by atoms with van der Waals surface area (Å²) in [5.41, 5.74) is 9.38. The maximum Gasteiger partial charge on any atom is 0.251 e. The second kappa shape index (κ2) is 7.61. The molecule has 0 spiro atoms. The molecule has 0 aliphatic heterocycles. The summed E-state index contributed by atoms with van der Waals surface area (Å²) in [6.45, 7) is 5.41. The largest absolute Gasteiger partial charge is 0.491 e. The van der Waals surface area contributed by atoms with E-state index in [0.29, 0.717) is 25.3 Å². The maximum absolute atomic E-state index is 12.0. The van der Waals surface area contributed by atoms with Gasteiger partial charge in [0.15, 0.2) is 0 Å². The minimum absolute atomic E-state index is 0.103. The molecule has 0 atom stereocenters. The second-order valence-electron chi connectivity index (χ2n) is 5.23. The van der Waals surface area contributed by atoms with Crippen molar-refractivity contribution in [2.24, 2.45) is 5.73 Å². The van der Waals surface area contributed by atoms with Crippen molar-refractivity contribution < 1.29 is 9.53 Å². The zero-order valence-electron chi connectivity index (χ0n) is 13.1. The van der Waals surface area contributed by atoms with E-state index in [2.05, 4.69) is 5.32 Å². The summed E-state index contributed by atoms with van der Waals surface area (Å²) < 4.78 is 5.76. The Morgan fingerprint density at radius 3 is 2.32 bits per heavy atom. The molecule has 0 saturated heterocycles. The fourth-order valence-electron chi connectivity index (χ4n) is 2.24. The van der Waals surface area contributed by atoms with Crippen LogP contribution in [0.15, 0.2) is 42.5 Å². The highest BCUT2D eigenvalue weighted by atomic mass is 16.5. The topological polar surface area (TPSA) is 64.3 Å². The van der Waals surface area contributed by atoms with Crippen molar-refractivity contribution >= 4 is 5.91 Å². The number of para-hydroxylation sites is 1. The molecule has 2 aromatic carbocycles. The van der Waals surface area contributed by atoms with Crippen molar-refractivity contribution in [3.8, 4) is 5.75 Å². The molecule has 0 saturated carbocycles. The molecule has 0 aliphatic rings. The van der Waals surface area contributed by atoms with Gasteiger partial charge in [0.2, 0.25) is 0 Å². The summed E-state index contributed by atoms with van der Waals surface area (Å²) in [6, 6.07) is 13.3. The van der Waals surface area contributed by atoms with Crippen LogP contribution < -0.4 is 15.8 Å². The van der Waals surface area contributed by atoms with Crippen LogP contribution >= 0.6 is 0 Å². The van der Waals surface area contributed by atoms with Gasteiger partial charge in [-0.15, -0.1) is 0 Å². The molecule has 0 aliphatic carbocycles. The van der Waals surface area contributed by atoms with Gasteiger partial charge in [-0.2, -0.15) is 0 Å². The third-order valence-corrected chi connectivity index (χ3v) is 3.49. The summed E-state index contributed by atoms with van der Waals surface area (Å²) in [4.78, 5) is 12.0. The van der Waals surface area contributed by atoms with Crippen molar-refractivity contribution in [1.82, 2.24) is 5.32 Å². The number of amides is 1. The third-order valence-electron chi connectivity index (χ3n) is 3.49. The number of rotatable bonds is 6. The minimum atomic E-state index is -0.103. The van der Waals surface area contributed by atoms with Gasteiger partial charge in [-0.05, 0) is 42.7 Å². The third kappa shape index (κ3) is 4.09. The predicted octanol–water partition coefficient (Wildman–Crippen LogP) is 2.57. The quantitative estimate of drug-likeness (QED) is 0.806. The van der Waals surface area contributed by atoms with Crippen LogP contribution in [0.25, 0.3) is 0 Å². The van der Waals surface area contributed by atoms with Gasteiger partial charge in [0, 0.05) is 12.1 Å². The van der Waals surface area contributed by atoms with Crippen LogP contribution in [0.5, 0.6) is 5.75 Å². The molecule has 4 heteroatoms. The van der Waals surface area contributed by atoms with E-state index < -0.39 is 0 Å². The van der Waals surface area contributed by atoms with Gasteiger partial charge in [0.1, 0.15) is 12.4 Å². The van der Waals surface area contributed by atoms with E-state index in [9.17, 15) is 4.79 Å². The first kappa shape index (κ1) is 16.0. The van der Waals surface area contributed by atoms with E-state index in [1.165, 1.54) is 0 Å². The molecule has 0 radical (unpaired) electrons. The molecule has 3 N–H and O–H groups in total. The Hall–Kier alpha value is -2.33. The van der Waals surface area contributed by atoms with Gasteiger partial charge in [-0.3, -0.25) is 4.79 Å². The smallest absolute Gasteiger partial charge is 0.251 e. The molecule has 0 heterocycles. The van der Waals surface area contributed by atoms with E-state index in [1.807, 2.05) is 44.2 Å². The van der Waals surface area contributed by atoms with E-state index >= 15 is 0 Å². The van der Waals surface area contributed by atoms with Gasteiger partial charge >= 0.3 is 0 Å². The number of nitrogens with two attached hydrogens (primary N) is 1. The van der Waals surface area contributed by atoms with Crippen LogP contribution in [-0.2, 0) is 6.54 Å². The summed E-state index contributed by atoms with van der Waals surface area (Å²) in [5.74, 6) is 0.790. The average molecular weight is 298 g/mol. The minimum Gasteiger partial charge on any atom is -0.491 e. The number of aryl methyl sites for hydroxylation is 2. The lowest BCUT2D eigenvalue weighted by Crippen LogP contribution is -2.28. The predicted molar refractivity (Wildman–Crippen MR) is 88.1 cm³/mol. The molecule has 1 amide bonds. The van der Waals surface area contributed by atoms with Crippen molar-refractivity contribution in [3.05, 3.63) is 64.7 Å². The summed E-state index contributed by atoms with van der Waals surface area (Å²) in [6.07, 6.45) is 0. The SMILES string of the molecule is Cc1cccc(C)c1OCCNC(=O)c1ccc(CN)cc1. The van der Waals surface area contributed by atoms with Crippen LogP contribution in [0.2, 0.25) is 0 Å². The number of ether oxygens (including phenoxy) is 1. The zero-order chi connectivity index (χ0) is 15.9. The van der Waals surface area contributed by atoms with E-state index in [1.54, 1.807) is 12.1 Å². The lowest BCUT2D eigenvalue weighted by Gasteiger charge is -2.12. The summed E-state index contributed by atoms with van der Waals surface area (Å²) in [5, 5.41) is 2.85. The Labute approximate surface area is 131 Å². The van der Waals surface area contributed by atoms with Crippen molar-refractivity contribution in [2.75, 3.05) is 13.2 Å². The highest BCUT2D eigenvalue weighted by Gasteiger charge is 2.06. The Morgan fingerprint density at radius 1 is 1.09 bits per heavy atom. The van der Waals surface area contributed by atoms with Gasteiger partial charge in [-0.25, -0.2) is 0 Å². The maximum atomic E-state index is 12.0. The number of carbonyl (C=O) groups excluding carboxylic acids is 1. The number of benzene rings is 2. The number of carbonyl (C=O) groups is 1. The summed E-state index contributed by atoms with van der Waals surface area (Å²) >= 11 is 0. The molecule has 2 rings (SSSR count). The Balaban J connectivity index is 1.82. The Kier molecular flexibility index (Phi) is 5.55. The van der Waals surface area contributed by atoms with Crippen LogP contribution in [-0.4, -0.2) is 19.1 Å². The second-order valence-corrected chi connectivity index (χ2v) is 5.23.